The van der Waals surface area contributed by atoms with Crippen LogP contribution >= 0.6 is 0 Å². The van der Waals surface area contributed by atoms with Crippen LogP contribution in [0.3, 0.4) is 0 Å². The summed E-state index contributed by atoms with van der Waals surface area (Å²) in [6.07, 6.45) is -6.46. The first kappa shape index (κ1) is 14.5. The van der Waals surface area contributed by atoms with E-state index in [2.05, 4.69) is 9.47 Å². The first-order valence-electron chi connectivity index (χ1n) is 4.58. The topological polar surface area (TPSA) is 98.9 Å². The van der Waals surface area contributed by atoms with Crippen LogP contribution in [0, 0.1) is 10.1 Å². The molecule has 0 fully saturated rings. The molecule has 104 valence electrons. The fourth-order valence-corrected chi connectivity index (χ4v) is 1.06. The largest absolute Gasteiger partial charge is 0.511 e. The van der Waals surface area contributed by atoms with Crippen molar-refractivity contribution in [3.63, 3.8) is 0 Å². The van der Waals surface area contributed by atoms with Gasteiger partial charge in [0.15, 0.2) is 18.1 Å². The summed E-state index contributed by atoms with van der Waals surface area (Å²) in [7, 11) is 0. The number of halogens is 3. The summed E-state index contributed by atoms with van der Waals surface area (Å²) in [5, 5.41) is 18.8. The van der Waals surface area contributed by atoms with Crippen molar-refractivity contribution in [2.45, 2.75) is 6.18 Å². The van der Waals surface area contributed by atoms with Crippen LogP contribution < -0.4 is 9.47 Å². The summed E-state index contributed by atoms with van der Waals surface area (Å²) in [5.41, 5.74) is -0.560. The number of nitrogens with zero attached hydrogens (tertiary/aromatic N) is 1. The minimum absolute atomic E-state index is 0.560. The Labute approximate surface area is 103 Å². The van der Waals surface area contributed by atoms with Crippen LogP contribution in [0.25, 0.3) is 0 Å². The van der Waals surface area contributed by atoms with Crippen molar-refractivity contribution in [3.8, 4) is 11.5 Å². The monoisotopic (exact) mass is 281 g/mol. The molecule has 10 heteroatoms. The van der Waals surface area contributed by atoms with E-state index in [-0.39, 0.29) is 0 Å². The summed E-state index contributed by atoms with van der Waals surface area (Å²) in [6.45, 7) is -1.73. The predicted octanol–water partition coefficient (Wildman–Crippen LogP) is 2.59. The lowest BCUT2D eigenvalue weighted by atomic mass is 10.3. The third-order valence-electron chi connectivity index (χ3n) is 1.73. The molecule has 0 heterocycles. The normalized spacial score (nSPS) is 10.9. The summed E-state index contributed by atoms with van der Waals surface area (Å²) >= 11 is 0. The number of benzene rings is 1. The van der Waals surface area contributed by atoms with Gasteiger partial charge in [0.1, 0.15) is 0 Å². The van der Waals surface area contributed by atoms with E-state index in [1.165, 1.54) is 0 Å². The second-order valence-electron chi connectivity index (χ2n) is 3.16. The van der Waals surface area contributed by atoms with Gasteiger partial charge in [-0.25, -0.2) is 4.79 Å². The molecular formula is C9H6F3NO6. The van der Waals surface area contributed by atoms with Gasteiger partial charge >= 0.3 is 12.3 Å². The predicted molar refractivity (Wildman–Crippen MR) is 53.3 cm³/mol. The van der Waals surface area contributed by atoms with E-state index in [9.17, 15) is 28.1 Å². The zero-order valence-corrected chi connectivity index (χ0v) is 9.01. The zero-order chi connectivity index (χ0) is 14.6. The molecule has 0 bridgehead atoms. The van der Waals surface area contributed by atoms with Gasteiger partial charge < -0.3 is 14.6 Å². The Morgan fingerprint density at radius 2 is 2.00 bits per heavy atom. The fraction of sp³-hybridized carbons (Fsp3) is 0.222. The van der Waals surface area contributed by atoms with E-state index in [4.69, 9.17) is 5.11 Å². The number of rotatable bonds is 4. The Balaban J connectivity index is 3.03. The molecule has 0 saturated heterocycles. The van der Waals surface area contributed by atoms with Gasteiger partial charge in [0, 0.05) is 6.07 Å². The maximum Gasteiger partial charge on any atom is 0.511 e. The van der Waals surface area contributed by atoms with Crippen molar-refractivity contribution in [2.24, 2.45) is 0 Å². The molecule has 19 heavy (non-hydrogen) atoms. The molecule has 1 rings (SSSR count). The minimum atomic E-state index is -4.68. The minimum Gasteiger partial charge on any atom is -0.480 e. The van der Waals surface area contributed by atoms with Gasteiger partial charge in [-0.3, -0.25) is 10.1 Å². The van der Waals surface area contributed by atoms with Crippen LogP contribution in [0.2, 0.25) is 0 Å². The molecule has 0 unspecified atom stereocenters. The summed E-state index contributed by atoms with van der Waals surface area (Å²) in [5.74, 6) is -1.25. The van der Waals surface area contributed by atoms with Gasteiger partial charge in [-0.15, -0.1) is 0 Å². The van der Waals surface area contributed by atoms with Gasteiger partial charge in [0.2, 0.25) is 0 Å². The number of carbonyl (C=O) groups is 1. The van der Waals surface area contributed by atoms with Crippen LogP contribution in [0.1, 0.15) is 0 Å². The van der Waals surface area contributed by atoms with Crippen LogP contribution in [-0.2, 0) is 0 Å². The van der Waals surface area contributed by atoms with E-state index >= 15 is 0 Å². The number of ether oxygens (including phenoxy) is 2. The number of non-ortho nitro benzene ring substituents is 1. The highest BCUT2D eigenvalue weighted by molar-refractivity contribution is 5.64. The molecule has 1 N–H and O–H groups in total. The van der Waals surface area contributed by atoms with E-state index in [0.717, 1.165) is 12.1 Å². The molecule has 0 spiro atoms. The van der Waals surface area contributed by atoms with Crippen LogP contribution in [0.5, 0.6) is 11.5 Å². The van der Waals surface area contributed by atoms with Gasteiger partial charge in [0.25, 0.3) is 5.69 Å². The van der Waals surface area contributed by atoms with Crippen LogP contribution in [-0.4, -0.2) is 29.0 Å². The third kappa shape index (κ3) is 4.69. The Morgan fingerprint density at radius 3 is 2.47 bits per heavy atom. The number of hydrogen-bond donors (Lipinski definition) is 1. The Morgan fingerprint density at radius 1 is 1.37 bits per heavy atom. The molecule has 0 radical (unpaired) electrons. The second-order valence-corrected chi connectivity index (χ2v) is 3.16. The highest BCUT2D eigenvalue weighted by atomic mass is 19.4. The maximum absolute atomic E-state index is 12.0. The summed E-state index contributed by atoms with van der Waals surface area (Å²) in [4.78, 5) is 19.9. The van der Waals surface area contributed by atoms with Gasteiger partial charge in [-0.2, -0.15) is 13.2 Å². The van der Waals surface area contributed by atoms with E-state index in [1.807, 2.05) is 0 Å². The van der Waals surface area contributed by atoms with Gasteiger partial charge in [-0.1, -0.05) is 0 Å². The van der Waals surface area contributed by atoms with Crippen molar-refractivity contribution in [1.29, 1.82) is 0 Å². The summed E-state index contributed by atoms with van der Waals surface area (Å²) < 4.78 is 44.4. The quantitative estimate of drug-likeness (QED) is 0.394. The third-order valence-corrected chi connectivity index (χ3v) is 1.73. The first-order valence-corrected chi connectivity index (χ1v) is 4.58. The van der Waals surface area contributed by atoms with Gasteiger partial charge in [0.05, 0.1) is 11.0 Å². The highest BCUT2D eigenvalue weighted by Crippen LogP contribution is 2.32. The van der Waals surface area contributed by atoms with E-state index in [1.54, 1.807) is 0 Å². The van der Waals surface area contributed by atoms with Crippen LogP contribution in [0.4, 0.5) is 23.7 Å². The fourth-order valence-electron chi connectivity index (χ4n) is 1.06. The molecule has 0 atom stereocenters. The number of hydrogen-bond acceptors (Lipinski definition) is 5. The number of carboxylic acid groups (broad SMARTS) is 1. The molecule has 0 amide bonds. The van der Waals surface area contributed by atoms with E-state index in [0.29, 0.717) is 6.07 Å². The number of nitro groups is 1. The lowest BCUT2D eigenvalue weighted by Gasteiger charge is -2.11. The molecule has 1 aromatic rings. The lowest BCUT2D eigenvalue weighted by molar-refractivity contribution is -0.385. The van der Waals surface area contributed by atoms with Crippen molar-refractivity contribution >= 4 is 11.8 Å². The Kier molecular flexibility index (Phi) is 4.14. The second kappa shape index (κ2) is 5.42. The van der Waals surface area contributed by atoms with Crippen molar-refractivity contribution in [1.82, 2.24) is 0 Å². The van der Waals surface area contributed by atoms with Crippen molar-refractivity contribution < 1.29 is 37.5 Å². The number of nitro benzene ring substituents is 1. The molecule has 7 nitrogen and oxygen atoms in total. The Hall–Kier alpha value is -2.52. The van der Waals surface area contributed by atoms with Crippen LogP contribution in [0.15, 0.2) is 18.2 Å². The molecule has 0 aliphatic rings. The number of alkyl halides is 3. The SMILES string of the molecule is O=C(O)Oc1ccc([N+](=O)[O-])cc1OCC(F)(F)F. The first-order chi connectivity index (χ1) is 8.69. The van der Waals surface area contributed by atoms with Crippen molar-refractivity contribution in [3.05, 3.63) is 28.3 Å². The van der Waals surface area contributed by atoms with Gasteiger partial charge in [-0.05, 0) is 6.07 Å². The standard InChI is InChI=1S/C9H6F3NO6/c10-9(11,12)4-18-7-3-5(13(16)17)1-2-6(7)19-8(14)15/h1-3H,4H2,(H,14,15). The molecule has 0 aromatic heterocycles. The average Bonchev–Trinajstić information content (AvgIpc) is 2.25. The van der Waals surface area contributed by atoms with Crippen molar-refractivity contribution in [2.75, 3.05) is 6.61 Å². The molecule has 0 aliphatic heterocycles. The molecule has 0 saturated carbocycles. The highest BCUT2D eigenvalue weighted by Gasteiger charge is 2.29. The molecule has 1 aromatic carbocycles. The zero-order valence-electron chi connectivity index (χ0n) is 9.01. The average molecular weight is 281 g/mol. The smallest absolute Gasteiger partial charge is 0.480 e. The molecule has 0 aliphatic carbocycles. The summed E-state index contributed by atoms with van der Waals surface area (Å²) in [6, 6.07) is 2.35. The lowest BCUT2D eigenvalue weighted by Crippen LogP contribution is -2.19. The molecular weight excluding hydrogens is 275 g/mol. The maximum atomic E-state index is 12.0. The van der Waals surface area contributed by atoms with E-state index < -0.39 is 41.0 Å². The Bertz CT molecular complexity index is 501.